The third-order valence-electron chi connectivity index (χ3n) is 6.42. The second-order valence-electron chi connectivity index (χ2n) is 8.93. The number of fused-ring (bicyclic) bond motifs is 1. The Labute approximate surface area is 212 Å². The maximum absolute atomic E-state index is 11.1. The Hall–Kier alpha value is -1.99. The number of ether oxygens (including phenoxy) is 2. The van der Waals surface area contributed by atoms with Gasteiger partial charge in [-0.1, -0.05) is 39.5 Å². The van der Waals surface area contributed by atoms with Gasteiger partial charge in [0.2, 0.25) is 0 Å². The van der Waals surface area contributed by atoms with Gasteiger partial charge in [0.15, 0.2) is 6.61 Å². The number of carbonyl (C=O) groups is 1. The normalized spacial score (nSPS) is 14.9. The predicted octanol–water partition coefficient (Wildman–Crippen LogP) is 7.49. The maximum Gasteiger partial charge on any atom is 0.341 e. The summed E-state index contributed by atoms with van der Waals surface area (Å²) in [6, 6.07) is 12.5. The lowest BCUT2D eigenvalue weighted by atomic mass is 9.79. The number of nitrogens with zero attached hydrogens (tertiary/aromatic N) is 1. The fraction of sp³-hybridized carbons (Fsp3) is 0.519. The molecule has 2 aromatic carbocycles. The zero-order chi connectivity index (χ0) is 24.6. The molecule has 5 nitrogen and oxygen atoms in total. The summed E-state index contributed by atoms with van der Waals surface area (Å²) in [5.41, 5.74) is 2.52. The average molecular weight is 504 g/mol. The van der Waals surface area contributed by atoms with Crippen molar-refractivity contribution in [1.82, 2.24) is 0 Å². The molecule has 0 aromatic heterocycles. The van der Waals surface area contributed by atoms with E-state index in [0.717, 1.165) is 39.2 Å². The van der Waals surface area contributed by atoms with Crippen molar-refractivity contribution in [2.75, 3.05) is 37.2 Å². The summed E-state index contributed by atoms with van der Waals surface area (Å²) in [5.74, 6) is 1.57. The molecule has 0 aliphatic carbocycles. The first-order chi connectivity index (χ1) is 16.4. The Morgan fingerprint density at radius 1 is 1.15 bits per heavy atom. The van der Waals surface area contributed by atoms with Gasteiger partial charge in [-0.05, 0) is 60.9 Å². The van der Waals surface area contributed by atoms with Crippen molar-refractivity contribution >= 4 is 40.9 Å². The van der Waals surface area contributed by atoms with Crippen LogP contribution in [0.1, 0.15) is 52.4 Å². The zero-order valence-electron chi connectivity index (χ0n) is 20.8. The fourth-order valence-electron chi connectivity index (χ4n) is 4.49. The van der Waals surface area contributed by atoms with E-state index in [4.69, 9.17) is 14.6 Å². The Balaban J connectivity index is 2.09. The van der Waals surface area contributed by atoms with Crippen molar-refractivity contribution in [3.05, 3.63) is 36.4 Å². The quantitative estimate of drug-likeness (QED) is 0.301. The second-order valence-corrected chi connectivity index (χ2v) is 10.8. The number of benzene rings is 2. The Kier molecular flexibility index (Phi) is 9.89. The summed E-state index contributed by atoms with van der Waals surface area (Å²) >= 11 is 3.47. The minimum absolute atomic E-state index is 0.206. The molecule has 1 heterocycles. The number of aliphatic carboxylic acids is 1. The SMILES string of the molecule is CCCCC1(CCCC)CSc2cc(OCC(=O)O)c(SC)cc2N(c2ccc(OC)cc2)C1. The highest BCUT2D eigenvalue weighted by molar-refractivity contribution is 7.99. The number of anilines is 2. The van der Waals surface area contributed by atoms with Crippen LogP contribution >= 0.6 is 23.5 Å². The summed E-state index contributed by atoms with van der Waals surface area (Å²) in [4.78, 5) is 15.7. The minimum Gasteiger partial charge on any atom is -0.497 e. The van der Waals surface area contributed by atoms with Crippen molar-refractivity contribution in [3.63, 3.8) is 0 Å². The Morgan fingerprint density at radius 3 is 2.38 bits per heavy atom. The first-order valence-electron chi connectivity index (χ1n) is 12.1. The van der Waals surface area contributed by atoms with E-state index >= 15 is 0 Å². The number of hydrogen-bond donors (Lipinski definition) is 1. The van der Waals surface area contributed by atoms with Crippen molar-refractivity contribution in [1.29, 1.82) is 0 Å². The van der Waals surface area contributed by atoms with Crippen LogP contribution in [-0.4, -0.2) is 43.3 Å². The molecule has 0 amide bonds. The molecule has 0 spiro atoms. The van der Waals surface area contributed by atoms with Crippen molar-refractivity contribution < 1.29 is 19.4 Å². The van der Waals surface area contributed by atoms with Crippen LogP contribution in [0.3, 0.4) is 0 Å². The smallest absolute Gasteiger partial charge is 0.341 e. The van der Waals surface area contributed by atoms with Crippen LogP contribution in [0.15, 0.2) is 46.2 Å². The van der Waals surface area contributed by atoms with E-state index in [1.165, 1.54) is 38.5 Å². The van der Waals surface area contributed by atoms with Crippen LogP contribution in [-0.2, 0) is 4.79 Å². The number of thioether (sulfide) groups is 2. The number of carboxylic acids is 1. The molecular weight excluding hydrogens is 466 g/mol. The number of carboxylic acid groups (broad SMARTS) is 1. The van der Waals surface area contributed by atoms with Crippen LogP contribution in [0, 0.1) is 5.41 Å². The molecular formula is C27H37NO4S2. The Bertz CT molecular complexity index is 940. The molecule has 0 radical (unpaired) electrons. The molecule has 1 aliphatic rings. The van der Waals surface area contributed by atoms with Gasteiger partial charge in [0, 0.05) is 22.9 Å². The number of rotatable bonds is 12. The van der Waals surface area contributed by atoms with E-state index in [1.807, 2.05) is 36.2 Å². The van der Waals surface area contributed by atoms with Crippen LogP contribution < -0.4 is 14.4 Å². The summed E-state index contributed by atoms with van der Waals surface area (Å²) < 4.78 is 11.1. The molecule has 34 heavy (non-hydrogen) atoms. The molecule has 7 heteroatoms. The summed E-state index contributed by atoms with van der Waals surface area (Å²) in [6.45, 7) is 5.16. The molecule has 0 saturated carbocycles. The lowest BCUT2D eigenvalue weighted by molar-refractivity contribution is -0.139. The van der Waals surface area contributed by atoms with E-state index in [2.05, 4.69) is 36.9 Å². The van der Waals surface area contributed by atoms with Crippen molar-refractivity contribution in [3.8, 4) is 11.5 Å². The zero-order valence-corrected chi connectivity index (χ0v) is 22.4. The molecule has 0 bridgehead atoms. The van der Waals surface area contributed by atoms with E-state index in [9.17, 15) is 4.79 Å². The monoisotopic (exact) mass is 503 g/mol. The van der Waals surface area contributed by atoms with Gasteiger partial charge in [-0.2, -0.15) is 0 Å². The highest BCUT2D eigenvalue weighted by Crippen LogP contribution is 2.50. The first kappa shape index (κ1) is 26.6. The molecule has 2 aromatic rings. The van der Waals surface area contributed by atoms with Gasteiger partial charge in [0.1, 0.15) is 11.5 Å². The summed E-state index contributed by atoms with van der Waals surface area (Å²) in [7, 11) is 1.69. The highest BCUT2D eigenvalue weighted by Gasteiger charge is 2.36. The van der Waals surface area contributed by atoms with Gasteiger partial charge in [-0.3, -0.25) is 0 Å². The number of unbranched alkanes of at least 4 members (excludes halogenated alkanes) is 2. The van der Waals surface area contributed by atoms with Crippen LogP contribution in [0.4, 0.5) is 11.4 Å². The summed E-state index contributed by atoms with van der Waals surface area (Å²) in [6.07, 6.45) is 9.24. The van der Waals surface area contributed by atoms with E-state index < -0.39 is 5.97 Å². The number of hydrogen-bond acceptors (Lipinski definition) is 6. The van der Waals surface area contributed by atoms with Crippen molar-refractivity contribution in [2.24, 2.45) is 5.41 Å². The molecule has 1 N–H and O–H groups in total. The van der Waals surface area contributed by atoms with Crippen molar-refractivity contribution in [2.45, 2.75) is 62.2 Å². The molecule has 1 aliphatic heterocycles. The second kappa shape index (κ2) is 12.6. The molecule has 186 valence electrons. The van der Waals surface area contributed by atoms with Gasteiger partial charge in [-0.15, -0.1) is 23.5 Å². The van der Waals surface area contributed by atoms with Crippen LogP contribution in [0.2, 0.25) is 0 Å². The first-order valence-corrected chi connectivity index (χ1v) is 14.3. The molecule has 0 fully saturated rings. The fourth-order valence-corrected chi connectivity index (χ4v) is 6.39. The highest BCUT2D eigenvalue weighted by atomic mass is 32.2. The molecule has 3 rings (SSSR count). The predicted molar refractivity (Wildman–Crippen MR) is 144 cm³/mol. The Morgan fingerprint density at radius 2 is 1.82 bits per heavy atom. The largest absolute Gasteiger partial charge is 0.497 e. The molecule has 0 atom stereocenters. The maximum atomic E-state index is 11.1. The van der Waals surface area contributed by atoms with Gasteiger partial charge in [-0.25, -0.2) is 4.79 Å². The van der Waals surface area contributed by atoms with Crippen LogP contribution in [0.5, 0.6) is 11.5 Å². The van der Waals surface area contributed by atoms with Gasteiger partial charge >= 0.3 is 5.97 Å². The van der Waals surface area contributed by atoms with Gasteiger partial charge < -0.3 is 19.5 Å². The lowest BCUT2D eigenvalue weighted by Crippen LogP contribution is -2.36. The van der Waals surface area contributed by atoms with E-state index in [1.54, 1.807) is 18.9 Å². The van der Waals surface area contributed by atoms with Gasteiger partial charge in [0.25, 0.3) is 0 Å². The standard InChI is InChI=1S/C27H37NO4S2/c1-5-7-13-27(14-8-6-2)18-28(20-9-11-21(31-3)12-10-20)22-15-25(33-4)23(32-17-26(29)30)16-24(22)34-19-27/h9-12,15-16H,5-8,13-14,17-19H2,1-4H3,(H,29,30). The van der Waals surface area contributed by atoms with Gasteiger partial charge in [0.05, 0.1) is 17.7 Å². The summed E-state index contributed by atoms with van der Waals surface area (Å²) in [5, 5.41) is 9.13. The lowest BCUT2D eigenvalue weighted by Gasteiger charge is -2.37. The average Bonchev–Trinajstić information content (AvgIpc) is 3.01. The topological polar surface area (TPSA) is 59.0 Å². The van der Waals surface area contributed by atoms with E-state index in [-0.39, 0.29) is 12.0 Å². The third-order valence-corrected chi connectivity index (χ3v) is 8.57. The molecule has 0 unspecified atom stereocenters. The van der Waals surface area contributed by atoms with Crippen LogP contribution in [0.25, 0.3) is 0 Å². The minimum atomic E-state index is -0.965. The third kappa shape index (κ3) is 6.57. The van der Waals surface area contributed by atoms with E-state index in [0.29, 0.717) is 5.75 Å². The molecule has 0 saturated heterocycles. The number of methoxy groups -OCH3 is 1.